The van der Waals surface area contributed by atoms with Crippen molar-refractivity contribution >= 4 is 23.6 Å². The summed E-state index contributed by atoms with van der Waals surface area (Å²) >= 11 is 5.91. The number of hydrogen-bond acceptors (Lipinski definition) is 3. The van der Waals surface area contributed by atoms with Crippen LogP contribution in [0.2, 0.25) is 5.02 Å². The smallest absolute Gasteiger partial charge is 0.331 e. The van der Waals surface area contributed by atoms with Gasteiger partial charge in [0.2, 0.25) is 0 Å². The normalized spacial score (nSPS) is 17.1. The zero-order valence-electron chi connectivity index (χ0n) is 12.6. The average Bonchev–Trinajstić information content (AvgIpc) is 2.46. The number of benzene rings is 1. The third-order valence-corrected chi connectivity index (χ3v) is 4.18. The van der Waals surface area contributed by atoms with E-state index in [-0.39, 0.29) is 5.97 Å². The number of rotatable bonds is 4. The molecule has 1 heterocycles. The lowest BCUT2D eigenvalue weighted by Crippen LogP contribution is -2.42. The first-order chi connectivity index (χ1) is 9.97. The molecule has 4 heteroatoms. The molecule has 1 fully saturated rings. The van der Waals surface area contributed by atoms with Gasteiger partial charge in [-0.05, 0) is 63.6 Å². The number of ether oxygens (including phenoxy) is 1. The Morgan fingerprint density at radius 3 is 2.76 bits per heavy atom. The molecule has 3 nitrogen and oxygen atoms in total. The second kappa shape index (κ2) is 7.10. The molecule has 0 amide bonds. The molecule has 0 atom stereocenters. The van der Waals surface area contributed by atoms with E-state index in [0.29, 0.717) is 10.9 Å². The molecule has 114 valence electrons. The average molecular weight is 308 g/mol. The molecule has 1 aromatic rings. The van der Waals surface area contributed by atoms with Crippen LogP contribution in [0.3, 0.4) is 0 Å². The molecule has 0 saturated carbocycles. The van der Waals surface area contributed by atoms with Crippen LogP contribution in [-0.4, -0.2) is 24.7 Å². The predicted octanol–water partition coefficient (Wildman–Crippen LogP) is 3.67. The van der Waals surface area contributed by atoms with Gasteiger partial charge < -0.3 is 10.1 Å². The van der Waals surface area contributed by atoms with Gasteiger partial charge in [0.15, 0.2) is 0 Å². The van der Waals surface area contributed by atoms with E-state index < -0.39 is 5.60 Å². The van der Waals surface area contributed by atoms with Gasteiger partial charge >= 0.3 is 5.97 Å². The Morgan fingerprint density at radius 2 is 2.10 bits per heavy atom. The van der Waals surface area contributed by atoms with E-state index in [1.165, 1.54) is 6.08 Å². The lowest BCUT2D eigenvalue weighted by atomic mass is 9.83. The van der Waals surface area contributed by atoms with Crippen LogP contribution in [0.15, 0.2) is 30.3 Å². The van der Waals surface area contributed by atoms with Crippen LogP contribution < -0.4 is 5.32 Å². The van der Waals surface area contributed by atoms with Crippen molar-refractivity contribution in [3.63, 3.8) is 0 Å². The highest BCUT2D eigenvalue weighted by Gasteiger charge is 2.33. The predicted molar refractivity (Wildman–Crippen MR) is 86.3 cm³/mol. The fraction of sp³-hybridized carbons (Fsp3) is 0.471. The maximum absolute atomic E-state index is 12.0. The van der Waals surface area contributed by atoms with Crippen molar-refractivity contribution in [3.05, 3.63) is 40.9 Å². The minimum atomic E-state index is -0.433. The van der Waals surface area contributed by atoms with E-state index in [2.05, 4.69) is 5.32 Å². The summed E-state index contributed by atoms with van der Waals surface area (Å²) in [5.41, 5.74) is 0.455. The van der Waals surface area contributed by atoms with Gasteiger partial charge in [0.25, 0.3) is 0 Å². The lowest BCUT2D eigenvalue weighted by Gasteiger charge is -2.36. The summed E-state index contributed by atoms with van der Waals surface area (Å²) in [5.74, 6) is 0.0979. The van der Waals surface area contributed by atoms with Gasteiger partial charge in [-0.15, -0.1) is 0 Å². The van der Waals surface area contributed by atoms with E-state index in [1.54, 1.807) is 12.1 Å². The van der Waals surface area contributed by atoms with Gasteiger partial charge in [0, 0.05) is 17.0 Å². The molecule has 0 aromatic heterocycles. The molecule has 21 heavy (non-hydrogen) atoms. The number of piperidine rings is 1. The summed E-state index contributed by atoms with van der Waals surface area (Å²) in [4.78, 5) is 12.0. The molecule has 1 aliphatic heterocycles. The summed E-state index contributed by atoms with van der Waals surface area (Å²) in [6.45, 7) is 5.97. The molecule has 0 bridgehead atoms. The Hall–Kier alpha value is -1.32. The van der Waals surface area contributed by atoms with E-state index in [1.807, 2.05) is 32.0 Å². The Labute approximate surface area is 131 Å². The standard InChI is InChI=1S/C17H22ClNO2/c1-17(2,14-8-10-19-11-9-14)21-16(20)7-6-13-4-3-5-15(18)12-13/h3-7,12,14,19H,8-11H2,1-2H3/b7-6+. The van der Waals surface area contributed by atoms with Crippen molar-refractivity contribution in [1.82, 2.24) is 5.32 Å². The fourth-order valence-electron chi connectivity index (χ4n) is 2.67. The number of carbonyl (C=O) groups excluding carboxylic acids is 1. The quantitative estimate of drug-likeness (QED) is 0.681. The lowest BCUT2D eigenvalue weighted by molar-refractivity contribution is -0.156. The van der Waals surface area contributed by atoms with Gasteiger partial charge in [0.05, 0.1) is 0 Å². The molecule has 1 aliphatic rings. The van der Waals surface area contributed by atoms with E-state index in [9.17, 15) is 4.79 Å². The van der Waals surface area contributed by atoms with Gasteiger partial charge in [-0.1, -0.05) is 23.7 Å². The van der Waals surface area contributed by atoms with Crippen molar-refractivity contribution in [1.29, 1.82) is 0 Å². The van der Waals surface area contributed by atoms with Crippen LogP contribution in [0.25, 0.3) is 6.08 Å². The number of halogens is 1. The largest absolute Gasteiger partial charge is 0.456 e. The highest BCUT2D eigenvalue weighted by molar-refractivity contribution is 6.30. The molecule has 1 N–H and O–H groups in total. The molecule has 2 rings (SSSR count). The highest BCUT2D eigenvalue weighted by Crippen LogP contribution is 2.29. The number of hydrogen-bond donors (Lipinski definition) is 1. The zero-order chi connectivity index (χ0) is 15.3. The molecule has 1 saturated heterocycles. The van der Waals surface area contributed by atoms with Crippen LogP contribution in [0.5, 0.6) is 0 Å². The van der Waals surface area contributed by atoms with E-state index in [4.69, 9.17) is 16.3 Å². The van der Waals surface area contributed by atoms with Crippen molar-refractivity contribution in [3.8, 4) is 0 Å². The molecule has 0 radical (unpaired) electrons. The second-order valence-corrected chi connectivity index (χ2v) is 6.37. The Bertz CT molecular complexity index is 519. The monoisotopic (exact) mass is 307 g/mol. The first-order valence-electron chi connectivity index (χ1n) is 7.35. The first kappa shape index (κ1) is 16.1. The minimum Gasteiger partial charge on any atom is -0.456 e. The van der Waals surface area contributed by atoms with Gasteiger partial charge in [-0.25, -0.2) is 4.79 Å². The maximum atomic E-state index is 12.0. The van der Waals surface area contributed by atoms with Crippen LogP contribution in [-0.2, 0) is 9.53 Å². The molecule has 0 aliphatic carbocycles. The van der Waals surface area contributed by atoms with Gasteiger partial charge in [-0.3, -0.25) is 0 Å². The van der Waals surface area contributed by atoms with E-state index in [0.717, 1.165) is 31.5 Å². The highest BCUT2D eigenvalue weighted by atomic mass is 35.5. The van der Waals surface area contributed by atoms with Crippen molar-refractivity contribution in [2.45, 2.75) is 32.3 Å². The third kappa shape index (κ3) is 4.87. The number of carbonyl (C=O) groups is 1. The summed E-state index contributed by atoms with van der Waals surface area (Å²) in [6, 6.07) is 7.36. The molecular formula is C17H22ClNO2. The van der Waals surface area contributed by atoms with E-state index >= 15 is 0 Å². The zero-order valence-corrected chi connectivity index (χ0v) is 13.3. The van der Waals surface area contributed by atoms with Crippen LogP contribution in [0.1, 0.15) is 32.3 Å². The van der Waals surface area contributed by atoms with Gasteiger partial charge in [-0.2, -0.15) is 0 Å². The summed E-state index contributed by atoms with van der Waals surface area (Å²) < 4.78 is 5.64. The van der Waals surface area contributed by atoms with Crippen LogP contribution >= 0.6 is 11.6 Å². The molecular weight excluding hydrogens is 286 g/mol. The first-order valence-corrected chi connectivity index (χ1v) is 7.72. The molecule has 1 aromatic carbocycles. The fourth-order valence-corrected chi connectivity index (χ4v) is 2.87. The van der Waals surface area contributed by atoms with Gasteiger partial charge in [0.1, 0.15) is 5.60 Å². The summed E-state index contributed by atoms with van der Waals surface area (Å²) in [6.07, 6.45) is 5.28. The topological polar surface area (TPSA) is 38.3 Å². The van der Waals surface area contributed by atoms with Crippen LogP contribution in [0.4, 0.5) is 0 Å². The Kier molecular flexibility index (Phi) is 5.43. The van der Waals surface area contributed by atoms with Crippen molar-refractivity contribution in [2.75, 3.05) is 13.1 Å². The number of esters is 1. The summed E-state index contributed by atoms with van der Waals surface area (Å²) in [7, 11) is 0. The maximum Gasteiger partial charge on any atom is 0.331 e. The Morgan fingerprint density at radius 1 is 1.38 bits per heavy atom. The molecule has 0 spiro atoms. The number of nitrogens with one attached hydrogen (secondary N) is 1. The summed E-state index contributed by atoms with van der Waals surface area (Å²) in [5, 5.41) is 3.98. The van der Waals surface area contributed by atoms with Crippen LogP contribution in [0, 0.1) is 5.92 Å². The Balaban J connectivity index is 1.94. The van der Waals surface area contributed by atoms with Crippen molar-refractivity contribution < 1.29 is 9.53 Å². The molecule has 0 unspecified atom stereocenters. The second-order valence-electron chi connectivity index (χ2n) is 5.94. The van der Waals surface area contributed by atoms with Crippen molar-refractivity contribution in [2.24, 2.45) is 5.92 Å². The minimum absolute atomic E-state index is 0.307. The third-order valence-electron chi connectivity index (χ3n) is 3.95. The SMILES string of the molecule is CC(C)(OC(=O)/C=C/c1cccc(Cl)c1)C1CCNCC1.